The molecule has 104 valence electrons. The highest BCUT2D eigenvalue weighted by atomic mass is 32.2. The Bertz CT molecular complexity index is 460. The Morgan fingerprint density at radius 3 is 2.58 bits per heavy atom. The molecule has 5 heteroatoms. The molecule has 0 spiro atoms. The quantitative estimate of drug-likeness (QED) is 0.870. The van der Waals surface area contributed by atoms with Gasteiger partial charge in [0.1, 0.15) is 6.54 Å². The highest BCUT2D eigenvalue weighted by molar-refractivity contribution is 7.97. The van der Waals surface area contributed by atoms with E-state index in [4.69, 9.17) is 5.11 Å². The SMILES string of the molecule is CSCc1cccc(C(=O)N(CC(=O)O)C(C)C)c1. The van der Waals surface area contributed by atoms with Crippen LogP contribution in [0.5, 0.6) is 0 Å². The Labute approximate surface area is 117 Å². The number of hydrogen-bond donors (Lipinski definition) is 1. The van der Waals surface area contributed by atoms with Gasteiger partial charge in [0.25, 0.3) is 5.91 Å². The first kappa shape index (κ1) is 15.6. The number of carbonyl (C=O) groups is 2. The van der Waals surface area contributed by atoms with E-state index in [2.05, 4.69) is 0 Å². The number of hydrogen-bond acceptors (Lipinski definition) is 3. The number of amides is 1. The zero-order chi connectivity index (χ0) is 14.4. The van der Waals surface area contributed by atoms with E-state index < -0.39 is 5.97 Å². The Balaban J connectivity index is 2.95. The fraction of sp³-hybridized carbons (Fsp3) is 0.429. The minimum absolute atomic E-state index is 0.146. The zero-order valence-electron chi connectivity index (χ0n) is 11.4. The van der Waals surface area contributed by atoms with Crippen LogP contribution in [0.25, 0.3) is 0 Å². The Morgan fingerprint density at radius 2 is 2.05 bits per heavy atom. The summed E-state index contributed by atoms with van der Waals surface area (Å²) in [7, 11) is 0. The van der Waals surface area contributed by atoms with Crippen molar-refractivity contribution in [3.8, 4) is 0 Å². The third-order valence-corrected chi connectivity index (χ3v) is 3.30. The van der Waals surface area contributed by atoms with E-state index in [-0.39, 0.29) is 18.5 Å². The predicted octanol–water partition coefficient (Wildman–Crippen LogP) is 2.48. The third-order valence-electron chi connectivity index (χ3n) is 2.67. The second kappa shape index (κ2) is 7.19. The van der Waals surface area contributed by atoms with Crippen molar-refractivity contribution in [2.45, 2.75) is 25.6 Å². The second-order valence-corrected chi connectivity index (χ2v) is 5.42. The minimum atomic E-state index is -0.998. The van der Waals surface area contributed by atoms with Gasteiger partial charge in [-0.25, -0.2) is 0 Å². The van der Waals surface area contributed by atoms with Gasteiger partial charge in [-0.1, -0.05) is 12.1 Å². The monoisotopic (exact) mass is 281 g/mol. The Hall–Kier alpha value is -1.49. The van der Waals surface area contributed by atoms with Gasteiger partial charge in [-0.15, -0.1) is 0 Å². The van der Waals surface area contributed by atoms with Gasteiger partial charge < -0.3 is 10.0 Å². The molecule has 0 heterocycles. The third kappa shape index (κ3) is 4.59. The van der Waals surface area contributed by atoms with Crippen LogP contribution in [0.3, 0.4) is 0 Å². The number of carboxylic acids is 1. The van der Waals surface area contributed by atoms with E-state index in [1.807, 2.05) is 38.3 Å². The summed E-state index contributed by atoms with van der Waals surface area (Å²) in [5, 5.41) is 8.87. The summed E-state index contributed by atoms with van der Waals surface area (Å²) in [6.07, 6.45) is 2.00. The van der Waals surface area contributed by atoms with Crippen molar-refractivity contribution >= 4 is 23.6 Å². The second-order valence-electron chi connectivity index (χ2n) is 4.55. The van der Waals surface area contributed by atoms with E-state index in [0.29, 0.717) is 5.56 Å². The van der Waals surface area contributed by atoms with Crippen molar-refractivity contribution in [1.29, 1.82) is 0 Å². The molecule has 0 aromatic heterocycles. The molecule has 0 aliphatic carbocycles. The standard InChI is InChI=1S/C14H19NO3S/c1-10(2)15(8-13(16)17)14(18)12-6-4-5-11(7-12)9-19-3/h4-7,10H,8-9H2,1-3H3,(H,16,17). The Kier molecular flexibility index (Phi) is 5.89. The van der Waals surface area contributed by atoms with Gasteiger partial charge in [-0.3, -0.25) is 9.59 Å². The minimum Gasteiger partial charge on any atom is -0.480 e. The zero-order valence-corrected chi connectivity index (χ0v) is 12.2. The van der Waals surface area contributed by atoms with Crippen LogP contribution >= 0.6 is 11.8 Å². The molecule has 0 saturated carbocycles. The number of thioether (sulfide) groups is 1. The van der Waals surface area contributed by atoms with Crippen molar-refractivity contribution in [2.24, 2.45) is 0 Å². The summed E-state index contributed by atoms with van der Waals surface area (Å²) < 4.78 is 0. The fourth-order valence-electron chi connectivity index (χ4n) is 1.76. The van der Waals surface area contributed by atoms with E-state index in [9.17, 15) is 9.59 Å². The van der Waals surface area contributed by atoms with Crippen molar-refractivity contribution in [3.05, 3.63) is 35.4 Å². The first-order valence-corrected chi connectivity index (χ1v) is 7.45. The van der Waals surface area contributed by atoms with Gasteiger partial charge in [0, 0.05) is 17.4 Å². The molecule has 1 amide bonds. The van der Waals surface area contributed by atoms with Crippen LogP contribution in [-0.4, -0.2) is 40.7 Å². The average Bonchev–Trinajstić information content (AvgIpc) is 2.35. The molecule has 0 atom stereocenters. The topological polar surface area (TPSA) is 57.6 Å². The molecular formula is C14H19NO3S. The maximum atomic E-state index is 12.3. The summed E-state index contributed by atoms with van der Waals surface area (Å²) in [5.74, 6) is -0.399. The molecule has 1 N–H and O–H groups in total. The molecule has 0 fully saturated rings. The predicted molar refractivity (Wildman–Crippen MR) is 77.5 cm³/mol. The van der Waals surface area contributed by atoms with Gasteiger partial charge >= 0.3 is 5.97 Å². The maximum absolute atomic E-state index is 12.3. The van der Waals surface area contributed by atoms with E-state index >= 15 is 0 Å². The van der Waals surface area contributed by atoms with Crippen LogP contribution in [0.4, 0.5) is 0 Å². The molecule has 1 aromatic rings. The van der Waals surface area contributed by atoms with Crippen LogP contribution in [0.15, 0.2) is 24.3 Å². The lowest BCUT2D eigenvalue weighted by Gasteiger charge is -2.25. The molecule has 19 heavy (non-hydrogen) atoms. The molecule has 0 bridgehead atoms. The molecule has 0 unspecified atom stereocenters. The van der Waals surface area contributed by atoms with Crippen LogP contribution in [0.2, 0.25) is 0 Å². The van der Waals surface area contributed by atoms with Crippen molar-refractivity contribution < 1.29 is 14.7 Å². The van der Waals surface area contributed by atoms with E-state index in [0.717, 1.165) is 11.3 Å². The van der Waals surface area contributed by atoms with Crippen LogP contribution < -0.4 is 0 Å². The van der Waals surface area contributed by atoms with Gasteiger partial charge in [0.2, 0.25) is 0 Å². The van der Waals surface area contributed by atoms with Crippen LogP contribution in [0.1, 0.15) is 29.8 Å². The van der Waals surface area contributed by atoms with E-state index in [1.54, 1.807) is 17.8 Å². The smallest absolute Gasteiger partial charge is 0.323 e. The fourth-order valence-corrected chi connectivity index (χ4v) is 2.27. The molecule has 0 radical (unpaired) electrons. The van der Waals surface area contributed by atoms with Gasteiger partial charge in [-0.2, -0.15) is 11.8 Å². The Morgan fingerprint density at radius 1 is 1.37 bits per heavy atom. The molecule has 0 saturated heterocycles. The summed E-state index contributed by atoms with van der Waals surface area (Å²) in [6.45, 7) is 3.35. The van der Waals surface area contributed by atoms with Gasteiger partial charge in [0.05, 0.1) is 0 Å². The first-order valence-electron chi connectivity index (χ1n) is 6.06. The molecular weight excluding hydrogens is 262 g/mol. The number of aliphatic carboxylic acids is 1. The highest BCUT2D eigenvalue weighted by Gasteiger charge is 2.21. The van der Waals surface area contributed by atoms with Gasteiger partial charge in [0.15, 0.2) is 0 Å². The molecule has 1 aromatic carbocycles. The summed E-state index contributed by atoms with van der Waals surface area (Å²) in [4.78, 5) is 24.5. The summed E-state index contributed by atoms with van der Waals surface area (Å²) in [5.41, 5.74) is 1.61. The lowest BCUT2D eigenvalue weighted by Crippen LogP contribution is -2.40. The number of nitrogens with zero attached hydrogens (tertiary/aromatic N) is 1. The largest absolute Gasteiger partial charge is 0.480 e. The number of benzene rings is 1. The molecule has 4 nitrogen and oxygen atoms in total. The van der Waals surface area contributed by atoms with Crippen LogP contribution in [-0.2, 0) is 10.5 Å². The number of carbonyl (C=O) groups excluding carboxylic acids is 1. The summed E-state index contributed by atoms with van der Waals surface area (Å²) >= 11 is 1.68. The molecule has 0 aliphatic rings. The van der Waals surface area contributed by atoms with Crippen molar-refractivity contribution in [1.82, 2.24) is 4.90 Å². The molecule has 1 rings (SSSR count). The summed E-state index contributed by atoms with van der Waals surface area (Å²) in [6, 6.07) is 7.20. The lowest BCUT2D eigenvalue weighted by molar-refractivity contribution is -0.138. The van der Waals surface area contributed by atoms with E-state index in [1.165, 1.54) is 4.90 Å². The normalized spacial score (nSPS) is 10.5. The van der Waals surface area contributed by atoms with Crippen molar-refractivity contribution in [2.75, 3.05) is 12.8 Å². The average molecular weight is 281 g/mol. The lowest BCUT2D eigenvalue weighted by atomic mass is 10.1. The van der Waals surface area contributed by atoms with Crippen molar-refractivity contribution in [3.63, 3.8) is 0 Å². The number of rotatable bonds is 6. The first-order chi connectivity index (χ1) is 8.95. The van der Waals surface area contributed by atoms with Crippen LogP contribution in [0, 0.1) is 0 Å². The number of carboxylic acid groups (broad SMARTS) is 1. The highest BCUT2D eigenvalue weighted by Crippen LogP contribution is 2.14. The van der Waals surface area contributed by atoms with Gasteiger partial charge in [-0.05, 0) is 37.8 Å². The molecule has 0 aliphatic heterocycles. The maximum Gasteiger partial charge on any atom is 0.323 e.